The summed E-state index contributed by atoms with van der Waals surface area (Å²) < 4.78 is 1.04. The van der Waals surface area contributed by atoms with Gasteiger partial charge >= 0.3 is 0 Å². The molecule has 0 saturated carbocycles. The Morgan fingerprint density at radius 3 is 2.48 bits per heavy atom. The fraction of sp³-hybridized carbons (Fsp3) is 0. The molecule has 1 heterocycles. The van der Waals surface area contributed by atoms with Gasteiger partial charge < -0.3 is 5.32 Å². The van der Waals surface area contributed by atoms with Gasteiger partial charge in [-0.2, -0.15) is 0 Å². The summed E-state index contributed by atoms with van der Waals surface area (Å²) in [5.74, 6) is -0.313. The van der Waals surface area contributed by atoms with Crippen molar-refractivity contribution in [3.63, 3.8) is 0 Å². The highest BCUT2D eigenvalue weighted by atomic mass is 35.5. The van der Waals surface area contributed by atoms with E-state index in [2.05, 4.69) is 10.3 Å². The Labute approximate surface area is 186 Å². The highest BCUT2D eigenvalue weighted by Crippen LogP contribution is 2.40. The van der Waals surface area contributed by atoms with Gasteiger partial charge in [0.2, 0.25) is 5.91 Å². The summed E-state index contributed by atoms with van der Waals surface area (Å²) in [6, 6.07) is 18.4. The summed E-state index contributed by atoms with van der Waals surface area (Å²) in [5.41, 5.74) is 2.89. The zero-order chi connectivity index (χ0) is 20.4. The number of amides is 1. The SMILES string of the molecule is O=C(/C=C/c1ccc(Cl)cc1)Nc1c(Cl)cc(Cl)cc1-c1nc2ccccc2s1. The second-order valence-corrected chi connectivity index (χ2v) is 8.48. The van der Waals surface area contributed by atoms with Crippen LogP contribution in [0.25, 0.3) is 26.9 Å². The molecule has 1 aromatic heterocycles. The molecule has 1 N–H and O–H groups in total. The molecule has 144 valence electrons. The van der Waals surface area contributed by atoms with Crippen molar-refractivity contribution in [1.29, 1.82) is 0 Å². The van der Waals surface area contributed by atoms with Crippen molar-refractivity contribution >= 4 is 74.0 Å². The highest BCUT2D eigenvalue weighted by molar-refractivity contribution is 7.21. The third-order valence-corrected chi connectivity index (χ3v) is 5.96. The number of aromatic nitrogens is 1. The number of thiazole rings is 1. The lowest BCUT2D eigenvalue weighted by molar-refractivity contribution is -0.111. The Kier molecular flexibility index (Phi) is 5.88. The number of fused-ring (bicyclic) bond motifs is 1. The zero-order valence-electron chi connectivity index (χ0n) is 14.8. The van der Waals surface area contributed by atoms with E-state index in [-0.39, 0.29) is 5.91 Å². The number of carbonyl (C=O) groups is 1. The third-order valence-electron chi connectivity index (χ3n) is 4.12. The molecule has 4 aromatic rings. The topological polar surface area (TPSA) is 42.0 Å². The second-order valence-electron chi connectivity index (χ2n) is 6.17. The van der Waals surface area contributed by atoms with Crippen molar-refractivity contribution in [2.75, 3.05) is 5.32 Å². The van der Waals surface area contributed by atoms with Crippen LogP contribution < -0.4 is 5.32 Å². The number of carbonyl (C=O) groups excluding carboxylic acids is 1. The molecule has 4 rings (SSSR count). The smallest absolute Gasteiger partial charge is 0.248 e. The van der Waals surface area contributed by atoms with E-state index in [1.54, 1.807) is 30.3 Å². The number of hydrogen-bond acceptors (Lipinski definition) is 3. The Bertz CT molecular complexity index is 1200. The molecule has 3 aromatic carbocycles. The molecule has 0 aliphatic rings. The molecule has 0 bridgehead atoms. The third kappa shape index (κ3) is 4.62. The first-order valence-electron chi connectivity index (χ1n) is 8.59. The molecule has 0 radical (unpaired) electrons. The van der Waals surface area contributed by atoms with E-state index in [0.717, 1.165) is 20.8 Å². The fourth-order valence-electron chi connectivity index (χ4n) is 2.77. The summed E-state index contributed by atoms with van der Waals surface area (Å²) >= 11 is 20.0. The summed E-state index contributed by atoms with van der Waals surface area (Å²) in [6.45, 7) is 0. The van der Waals surface area contributed by atoms with Crippen LogP contribution in [0.5, 0.6) is 0 Å². The minimum Gasteiger partial charge on any atom is -0.321 e. The quantitative estimate of drug-likeness (QED) is 0.320. The van der Waals surface area contributed by atoms with Crippen LogP contribution in [-0.4, -0.2) is 10.9 Å². The average molecular weight is 460 g/mol. The fourth-order valence-corrected chi connectivity index (χ4v) is 4.42. The number of para-hydroxylation sites is 1. The van der Waals surface area contributed by atoms with Crippen LogP contribution in [-0.2, 0) is 4.79 Å². The van der Waals surface area contributed by atoms with Crippen molar-refractivity contribution in [3.8, 4) is 10.6 Å². The molecule has 0 spiro atoms. The number of rotatable bonds is 4. The lowest BCUT2D eigenvalue weighted by Gasteiger charge is -2.11. The van der Waals surface area contributed by atoms with Gasteiger partial charge in [0, 0.05) is 21.7 Å². The monoisotopic (exact) mass is 458 g/mol. The number of halogens is 3. The Hall–Kier alpha value is -2.37. The molecule has 0 aliphatic heterocycles. The predicted octanol–water partition coefficient (Wildman–Crippen LogP) is 7.58. The molecule has 0 saturated heterocycles. The van der Waals surface area contributed by atoms with Gasteiger partial charge in [0.05, 0.1) is 20.9 Å². The lowest BCUT2D eigenvalue weighted by atomic mass is 10.1. The van der Waals surface area contributed by atoms with Gasteiger partial charge in [-0.1, -0.05) is 59.1 Å². The minimum atomic E-state index is -0.313. The Balaban J connectivity index is 1.66. The maximum Gasteiger partial charge on any atom is 0.248 e. The van der Waals surface area contributed by atoms with Crippen LogP contribution in [0.2, 0.25) is 15.1 Å². The Morgan fingerprint density at radius 2 is 1.72 bits per heavy atom. The van der Waals surface area contributed by atoms with Crippen LogP contribution in [0, 0.1) is 0 Å². The number of nitrogens with one attached hydrogen (secondary N) is 1. The maximum atomic E-state index is 12.5. The van der Waals surface area contributed by atoms with Gasteiger partial charge in [-0.05, 0) is 48.0 Å². The second kappa shape index (κ2) is 8.56. The standard InChI is InChI=1S/C22H13Cl3N2OS/c23-14-8-5-13(6-9-14)7-10-20(28)27-21-16(11-15(24)12-17(21)25)22-26-18-3-1-2-4-19(18)29-22/h1-12H,(H,27,28)/b10-7+. The van der Waals surface area contributed by atoms with Crippen LogP contribution in [0.4, 0.5) is 5.69 Å². The largest absolute Gasteiger partial charge is 0.321 e. The van der Waals surface area contributed by atoms with Crippen LogP contribution in [0.3, 0.4) is 0 Å². The van der Waals surface area contributed by atoms with E-state index >= 15 is 0 Å². The van der Waals surface area contributed by atoms with Crippen molar-refractivity contribution in [1.82, 2.24) is 4.98 Å². The first kappa shape index (κ1) is 19.9. The van der Waals surface area contributed by atoms with E-state index in [4.69, 9.17) is 34.8 Å². The number of nitrogens with zero attached hydrogens (tertiary/aromatic N) is 1. The zero-order valence-corrected chi connectivity index (χ0v) is 17.9. The number of benzene rings is 3. The molecule has 7 heteroatoms. The van der Waals surface area contributed by atoms with Crippen LogP contribution >= 0.6 is 46.1 Å². The van der Waals surface area contributed by atoms with Crippen molar-refractivity contribution in [2.24, 2.45) is 0 Å². The molecule has 0 atom stereocenters. The van der Waals surface area contributed by atoms with E-state index in [9.17, 15) is 4.79 Å². The Morgan fingerprint density at radius 1 is 0.966 bits per heavy atom. The van der Waals surface area contributed by atoms with Crippen LogP contribution in [0.1, 0.15) is 5.56 Å². The van der Waals surface area contributed by atoms with Gasteiger partial charge in [-0.25, -0.2) is 4.98 Å². The molecular formula is C22H13Cl3N2OS. The van der Waals surface area contributed by atoms with Crippen molar-refractivity contribution in [2.45, 2.75) is 0 Å². The maximum absolute atomic E-state index is 12.5. The summed E-state index contributed by atoms with van der Waals surface area (Å²) in [6.07, 6.45) is 3.14. The lowest BCUT2D eigenvalue weighted by Crippen LogP contribution is -2.09. The summed E-state index contributed by atoms with van der Waals surface area (Å²) in [7, 11) is 0. The number of hydrogen-bond donors (Lipinski definition) is 1. The summed E-state index contributed by atoms with van der Waals surface area (Å²) in [5, 5.41) is 5.04. The summed E-state index contributed by atoms with van der Waals surface area (Å²) in [4.78, 5) is 17.2. The number of anilines is 1. The van der Waals surface area contributed by atoms with Crippen molar-refractivity contribution in [3.05, 3.63) is 87.4 Å². The molecule has 1 amide bonds. The van der Waals surface area contributed by atoms with E-state index in [0.29, 0.717) is 26.3 Å². The molecule has 0 unspecified atom stereocenters. The minimum absolute atomic E-state index is 0.313. The van der Waals surface area contributed by atoms with Gasteiger partial charge in [-0.3, -0.25) is 4.79 Å². The van der Waals surface area contributed by atoms with Crippen LogP contribution in [0.15, 0.2) is 66.7 Å². The molecular weight excluding hydrogens is 447 g/mol. The molecule has 29 heavy (non-hydrogen) atoms. The van der Waals surface area contributed by atoms with E-state index < -0.39 is 0 Å². The van der Waals surface area contributed by atoms with Gasteiger partial charge in [0.15, 0.2) is 0 Å². The first-order valence-corrected chi connectivity index (χ1v) is 10.5. The molecule has 0 fully saturated rings. The van der Waals surface area contributed by atoms with Gasteiger partial charge in [-0.15, -0.1) is 11.3 Å². The van der Waals surface area contributed by atoms with Gasteiger partial charge in [0.1, 0.15) is 5.01 Å². The van der Waals surface area contributed by atoms with E-state index in [1.807, 2.05) is 36.4 Å². The highest BCUT2D eigenvalue weighted by Gasteiger charge is 2.16. The predicted molar refractivity (Wildman–Crippen MR) is 124 cm³/mol. The normalized spacial score (nSPS) is 11.3. The average Bonchev–Trinajstić information content (AvgIpc) is 3.13. The van der Waals surface area contributed by atoms with E-state index in [1.165, 1.54) is 17.4 Å². The van der Waals surface area contributed by atoms with Gasteiger partial charge in [0.25, 0.3) is 0 Å². The first-order chi connectivity index (χ1) is 14.0. The molecule has 0 aliphatic carbocycles. The molecule has 3 nitrogen and oxygen atoms in total. The van der Waals surface area contributed by atoms with Crippen molar-refractivity contribution < 1.29 is 4.79 Å².